The molecule has 0 saturated carbocycles. The van der Waals surface area contributed by atoms with Gasteiger partial charge in [0.25, 0.3) is 0 Å². The van der Waals surface area contributed by atoms with Gasteiger partial charge < -0.3 is 20.3 Å². The molecule has 1 aliphatic rings. The molecule has 1 saturated heterocycles. The minimum Gasteiger partial charge on any atom is -0.495 e. The summed E-state index contributed by atoms with van der Waals surface area (Å²) < 4.78 is 7.34. The van der Waals surface area contributed by atoms with Gasteiger partial charge in [-0.05, 0) is 29.7 Å². The van der Waals surface area contributed by atoms with Gasteiger partial charge in [0.15, 0.2) is 5.96 Å². The highest BCUT2D eigenvalue weighted by atomic mass is 127. The Morgan fingerprint density at radius 3 is 2.81 bits per heavy atom. The molecule has 3 aromatic rings. The third-order valence-corrected chi connectivity index (χ3v) is 5.44. The van der Waals surface area contributed by atoms with Crippen LogP contribution in [0.1, 0.15) is 17.5 Å². The maximum Gasteiger partial charge on any atom is 0.191 e. The lowest BCUT2D eigenvalue weighted by atomic mass is 10.1. The van der Waals surface area contributed by atoms with Gasteiger partial charge in [0, 0.05) is 32.7 Å². The van der Waals surface area contributed by atoms with Gasteiger partial charge >= 0.3 is 0 Å². The Kier molecular flexibility index (Phi) is 8.72. The Bertz CT molecular complexity index is 1010. The van der Waals surface area contributed by atoms with E-state index in [9.17, 15) is 0 Å². The van der Waals surface area contributed by atoms with E-state index < -0.39 is 0 Å². The van der Waals surface area contributed by atoms with Crippen molar-refractivity contribution in [2.24, 2.45) is 4.99 Å². The van der Waals surface area contributed by atoms with Crippen molar-refractivity contribution in [2.45, 2.75) is 25.6 Å². The number of para-hydroxylation sites is 2. The molecule has 1 aliphatic heterocycles. The molecule has 1 atom stereocenters. The molecule has 0 aliphatic carbocycles. The highest BCUT2D eigenvalue weighted by molar-refractivity contribution is 14.0. The van der Waals surface area contributed by atoms with Crippen molar-refractivity contribution >= 4 is 35.6 Å². The zero-order chi connectivity index (χ0) is 21.5. The van der Waals surface area contributed by atoms with Crippen molar-refractivity contribution in [3.8, 4) is 5.75 Å². The molecule has 0 amide bonds. The molecule has 0 bridgehead atoms. The summed E-state index contributed by atoms with van der Waals surface area (Å²) in [5, 5.41) is 11.2. The van der Waals surface area contributed by atoms with Gasteiger partial charge in [0.05, 0.1) is 19.3 Å². The number of nitrogens with zero attached hydrogens (tertiary/aromatic N) is 5. The molecule has 2 aromatic carbocycles. The summed E-state index contributed by atoms with van der Waals surface area (Å²) in [5.74, 6) is 1.73. The number of hydrogen-bond donors (Lipinski definition) is 2. The number of anilines is 1. The predicted molar refractivity (Wildman–Crippen MR) is 138 cm³/mol. The van der Waals surface area contributed by atoms with Crippen LogP contribution in [0.5, 0.6) is 5.75 Å². The zero-order valence-corrected chi connectivity index (χ0v) is 20.8. The molecule has 8 nitrogen and oxygen atoms in total. The fourth-order valence-corrected chi connectivity index (χ4v) is 3.90. The van der Waals surface area contributed by atoms with E-state index in [0.29, 0.717) is 19.1 Å². The SMILES string of the molecule is CN=C(NCc1cccc(Cn2cncn2)c1)NC1CCN(c2ccccc2OC)C1.I. The smallest absolute Gasteiger partial charge is 0.191 e. The molecular weight excluding hydrogens is 517 g/mol. The highest BCUT2D eigenvalue weighted by Gasteiger charge is 2.25. The Labute approximate surface area is 206 Å². The molecule has 1 fully saturated rings. The first-order valence-electron chi connectivity index (χ1n) is 10.5. The van der Waals surface area contributed by atoms with Crippen molar-refractivity contribution < 1.29 is 4.74 Å². The van der Waals surface area contributed by atoms with Gasteiger partial charge in [-0.2, -0.15) is 5.10 Å². The van der Waals surface area contributed by atoms with Crippen LogP contribution in [-0.2, 0) is 13.1 Å². The normalized spacial score (nSPS) is 15.9. The number of benzene rings is 2. The number of methoxy groups -OCH3 is 1. The molecule has 32 heavy (non-hydrogen) atoms. The largest absolute Gasteiger partial charge is 0.495 e. The Morgan fingerprint density at radius 2 is 2.03 bits per heavy atom. The minimum atomic E-state index is 0. The van der Waals surface area contributed by atoms with Crippen LogP contribution in [0.2, 0.25) is 0 Å². The van der Waals surface area contributed by atoms with E-state index in [2.05, 4.69) is 67.0 Å². The molecule has 1 aromatic heterocycles. The van der Waals surface area contributed by atoms with Gasteiger partial charge in [-0.1, -0.05) is 36.4 Å². The third kappa shape index (κ3) is 6.12. The topological polar surface area (TPSA) is 79.6 Å². The van der Waals surface area contributed by atoms with Crippen LogP contribution in [0.4, 0.5) is 5.69 Å². The molecular formula is C23H30IN7O. The number of hydrogen-bond acceptors (Lipinski definition) is 5. The van der Waals surface area contributed by atoms with E-state index in [1.54, 1.807) is 19.8 Å². The second-order valence-corrected chi connectivity index (χ2v) is 7.59. The van der Waals surface area contributed by atoms with E-state index in [4.69, 9.17) is 4.74 Å². The van der Waals surface area contributed by atoms with Crippen molar-refractivity contribution in [3.05, 3.63) is 72.3 Å². The van der Waals surface area contributed by atoms with Crippen molar-refractivity contribution in [1.82, 2.24) is 25.4 Å². The molecule has 2 heterocycles. The second-order valence-electron chi connectivity index (χ2n) is 7.59. The third-order valence-electron chi connectivity index (χ3n) is 5.44. The second kappa shape index (κ2) is 11.7. The minimum absolute atomic E-state index is 0. The maximum atomic E-state index is 5.52. The molecule has 170 valence electrons. The zero-order valence-electron chi connectivity index (χ0n) is 18.4. The summed E-state index contributed by atoms with van der Waals surface area (Å²) in [6.45, 7) is 3.31. The standard InChI is InChI=1S/C23H29N7O.HI/c1-24-23(26-13-18-6-5-7-19(12-18)14-30-17-25-16-27-30)28-20-10-11-29(15-20)21-8-3-4-9-22(21)31-2;/h3-9,12,16-17,20H,10-11,13-15H2,1-2H3,(H2,24,26,28);1H. The molecule has 2 N–H and O–H groups in total. The maximum absolute atomic E-state index is 5.52. The molecule has 4 rings (SSSR count). The lowest BCUT2D eigenvalue weighted by Gasteiger charge is -2.22. The van der Waals surface area contributed by atoms with Crippen LogP contribution in [-0.4, -0.2) is 54.0 Å². The van der Waals surface area contributed by atoms with E-state index in [1.165, 1.54) is 11.1 Å². The van der Waals surface area contributed by atoms with Crippen LogP contribution in [0.15, 0.2) is 66.2 Å². The highest BCUT2D eigenvalue weighted by Crippen LogP contribution is 2.30. The average molecular weight is 547 g/mol. The predicted octanol–water partition coefficient (Wildman–Crippen LogP) is 2.90. The van der Waals surface area contributed by atoms with Crippen molar-refractivity contribution in [1.29, 1.82) is 0 Å². The first-order valence-corrected chi connectivity index (χ1v) is 10.5. The molecule has 1 unspecified atom stereocenters. The summed E-state index contributed by atoms with van der Waals surface area (Å²) in [6.07, 6.45) is 4.33. The van der Waals surface area contributed by atoms with Crippen LogP contribution >= 0.6 is 24.0 Å². The fraction of sp³-hybridized carbons (Fsp3) is 0.348. The molecule has 9 heteroatoms. The number of guanidine groups is 1. The van der Waals surface area contributed by atoms with Crippen LogP contribution in [0, 0.1) is 0 Å². The van der Waals surface area contributed by atoms with E-state index in [1.807, 2.05) is 23.9 Å². The summed E-state index contributed by atoms with van der Waals surface area (Å²) in [4.78, 5) is 10.8. The van der Waals surface area contributed by atoms with Crippen molar-refractivity contribution in [2.75, 3.05) is 32.1 Å². The fourth-order valence-electron chi connectivity index (χ4n) is 3.90. The number of aliphatic imine (C=N–C) groups is 1. The van der Waals surface area contributed by atoms with Crippen LogP contribution in [0.3, 0.4) is 0 Å². The number of aromatic nitrogens is 3. The lowest BCUT2D eigenvalue weighted by Crippen LogP contribution is -2.44. The van der Waals surface area contributed by atoms with Gasteiger partial charge in [-0.25, -0.2) is 9.67 Å². The number of ether oxygens (including phenoxy) is 1. The summed E-state index contributed by atoms with van der Waals surface area (Å²) in [5.41, 5.74) is 3.53. The van der Waals surface area contributed by atoms with Gasteiger partial charge in [0.2, 0.25) is 0 Å². The van der Waals surface area contributed by atoms with E-state index in [0.717, 1.165) is 36.9 Å². The number of halogens is 1. The van der Waals surface area contributed by atoms with Gasteiger partial charge in [-0.3, -0.25) is 4.99 Å². The quantitative estimate of drug-likeness (QED) is 0.269. The first-order chi connectivity index (χ1) is 15.2. The monoisotopic (exact) mass is 547 g/mol. The molecule has 0 spiro atoms. The van der Waals surface area contributed by atoms with E-state index >= 15 is 0 Å². The Hall–Kier alpha value is -2.82. The van der Waals surface area contributed by atoms with Crippen LogP contribution in [0.25, 0.3) is 0 Å². The van der Waals surface area contributed by atoms with E-state index in [-0.39, 0.29) is 24.0 Å². The van der Waals surface area contributed by atoms with Crippen molar-refractivity contribution in [3.63, 3.8) is 0 Å². The first kappa shape index (κ1) is 23.8. The average Bonchev–Trinajstić information content (AvgIpc) is 3.49. The lowest BCUT2D eigenvalue weighted by molar-refractivity contribution is 0.415. The van der Waals surface area contributed by atoms with Crippen LogP contribution < -0.4 is 20.3 Å². The summed E-state index contributed by atoms with van der Waals surface area (Å²) in [6, 6.07) is 17.0. The number of nitrogens with one attached hydrogen (secondary N) is 2. The Balaban J connectivity index is 0.00000289. The number of rotatable bonds is 7. The van der Waals surface area contributed by atoms with Gasteiger partial charge in [-0.15, -0.1) is 24.0 Å². The summed E-state index contributed by atoms with van der Waals surface area (Å²) in [7, 11) is 3.53. The molecule has 0 radical (unpaired) electrons. The Morgan fingerprint density at radius 1 is 1.19 bits per heavy atom. The summed E-state index contributed by atoms with van der Waals surface area (Å²) >= 11 is 0. The van der Waals surface area contributed by atoms with Gasteiger partial charge in [0.1, 0.15) is 18.4 Å².